The molecule has 17 heavy (non-hydrogen) atoms. The van der Waals surface area contributed by atoms with E-state index >= 15 is 0 Å². The van der Waals surface area contributed by atoms with Crippen molar-refractivity contribution in [3.05, 3.63) is 0 Å². The molecule has 7 heteroatoms. The molecule has 0 saturated carbocycles. The van der Waals surface area contributed by atoms with Crippen LogP contribution in [0.25, 0.3) is 0 Å². The van der Waals surface area contributed by atoms with Crippen LogP contribution in [0.3, 0.4) is 0 Å². The molecule has 0 bridgehead atoms. The zero-order valence-corrected chi connectivity index (χ0v) is 10.2. The summed E-state index contributed by atoms with van der Waals surface area (Å²) < 4.78 is 10.0. The molecule has 2 atom stereocenters. The molecule has 0 fully saturated rings. The van der Waals surface area contributed by atoms with E-state index in [1.807, 2.05) is 0 Å². The van der Waals surface area contributed by atoms with E-state index in [0.717, 1.165) is 7.11 Å². The van der Waals surface area contributed by atoms with Crippen molar-refractivity contribution in [3.63, 3.8) is 0 Å². The van der Waals surface area contributed by atoms with Crippen molar-refractivity contribution < 1.29 is 35.0 Å². The van der Waals surface area contributed by atoms with Gasteiger partial charge in [-0.25, -0.2) is 0 Å². The van der Waals surface area contributed by atoms with E-state index in [0.29, 0.717) is 19.6 Å². The fourth-order valence-electron chi connectivity index (χ4n) is 0.807. The Kier molecular flexibility index (Phi) is 17.6. The Bertz CT molecular complexity index is 120. The first-order valence-corrected chi connectivity index (χ1v) is 5.38. The van der Waals surface area contributed by atoms with E-state index in [9.17, 15) is 0 Å². The van der Waals surface area contributed by atoms with Gasteiger partial charge in [0, 0.05) is 20.3 Å². The summed E-state index contributed by atoms with van der Waals surface area (Å²) in [6.45, 7) is 0.447. The van der Waals surface area contributed by atoms with Gasteiger partial charge in [0.25, 0.3) is 0 Å². The summed E-state index contributed by atoms with van der Waals surface area (Å²) in [5.41, 5.74) is 0. The second kappa shape index (κ2) is 15.7. The van der Waals surface area contributed by atoms with Crippen molar-refractivity contribution in [2.75, 3.05) is 46.8 Å². The van der Waals surface area contributed by atoms with Crippen molar-refractivity contribution in [1.82, 2.24) is 0 Å². The average molecular weight is 256 g/mol. The summed E-state index contributed by atoms with van der Waals surface area (Å²) in [4.78, 5) is 0. The van der Waals surface area contributed by atoms with Gasteiger partial charge in [0.05, 0.1) is 26.4 Å². The summed E-state index contributed by atoms with van der Waals surface area (Å²) in [5, 5.41) is 41.7. The third kappa shape index (κ3) is 15.7. The molecular formula is C10H24O7. The largest absolute Gasteiger partial charge is 0.400 e. The summed E-state index contributed by atoms with van der Waals surface area (Å²) in [6, 6.07) is 0. The van der Waals surface area contributed by atoms with Crippen LogP contribution in [0.1, 0.15) is 6.42 Å². The van der Waals surface area contributed by atoms with E-state index in [1.54, 1.807) is 0 Å². The number of hydrogen-bond acceptors (Lipinski definition) is 7. The van der Waals surface area contributed by atoms with E-state index < -0.39 is 12.2 Å². The molecule has 0 aromatic heterocycles. The lowest BCUT2D eigenvalue weighted by molar-refractivity contribution is -0.0149. The van der Waals surface area contributed by atoms with E-state index in [1.165, 1.54) is 0 Å². The Morgan fingerprint density at radius 1 is 0.824 bits per heavy atom. The van der Waals surface area contributed by atoms with Gasteiger partial charge in [-0.3, -0.25) is 0 Å². The monoisotopic (exact) mass is 256 g/mol. The Morgan fingerprint density at radius 3 is 1.47 bits per heavy atom. The molecule has 0 spiro atoms. The van der Waals surface area contributed by atoms with Gasteiger partial charge in [-0.05, 0) is 6.42 Å². The van der Waals surface area contributed by atoms with Crippen LogP contribution in [0.4, 0.5) is 0 Å². The van der Waals surface area contributed by atoms with Gasteiger partial charge in [-0.1, -0.05) is 0 Å². The predicted molar refractivity (Wildman–Crippen MR) is 60.6 cm³/mol. The first-order valence-electron chi connectivity index (χ1n) is 5.38. The molecular weight excluding hydrogens is 232 g/mol. The smallest absolute Gasteiger partial charge is 0.100 e. The van der Waals surface area contributed by atoms with Crippen molar-refractivity contribution in [2.24, 2.45) is 0 Å². The van der Waals surface area contributed by atoms with Crippen molar-refractivity contribution in [2.45, 2.75) is 18.6 Å². The van der Waals surface area contributed by atoms with Crippen LogP contribution in [0.2, 0.25) is 0 Å². The zero-order valence-electron chi connectivity index (χ0n) is 10.2. The van der Waals surface area contributed by atoms with Gasteiger partial charge in [0.2, 0.25) is 0 Å². The molecule has 0 aromatic carbocycles. The van der Waals surface area contributed by atoms with Crippen LogP contribution in [-0.4, -0.2) is 84.5 Å². The fourth-order valence-corrected chi connectivity index (χ4v) is 0.807. The Hall–Kier alpha value is -0.280. The molecule has 5 N–H and O–H groups in total. The maximum Gasteiger partial charge on any atom is 0.100 e. The minimum atomic E-state index is -0.831. The minimum Gasteiger partial charge on any atom is -0.400 e. The summed E-state index contributed by atoms with van der Waals surface area (Å²) in [6.07, 6.45) is -1.03. The maximum atomic E-state index is 8.90. The molecule has 106 valence electrons. The third-order valence-electron chi connectivity index (χ3n) is 1.62. The van der Waals surface area contributed by atoms with Gasteiger partial charge in [0.15, 0.2) is 0 Å². The van der Waals surface area contributed by atoms with Crippen LogP contribution >= 0.6 is 0 Å². The number of hydrogen-bond donors (Lipinski definition) is 5. The summed E-state index contributed by atoms with van der Waals surface area (Å²) in [5.74, 6) is 0. The molecule has 0 amide bonds. The maximum absolute atomic E-state index is 8.90. The SMILES string of the molecule is CO.OCC(O)COCCCOCC(O)CO. The molecule has 0 aliphatic carbocycles. The summed E-state index contributed by atoms with van der Waals surface area (Å²) in [7, 11) is 1.00. The third-order valence-corrected chi connectivity index (χ3v) is 1.62. The molecule has 0 aromatic rings. The lowest BCUT2D eigenvalue weighted by Crippen LogP contribution is -2.21. The molecule has 0 saturated heterocycles. The highest BCUT2D eigenvalue weighted by Gasteiger charge is 2.02. The number of aliphatic hydroxyl groups is 5. The second-order valence-corrected chi connectivity index (χ2v) is 3.18. The Morgan fingerprint density at radius 2 is 1.18 bits per heavy atom. The second-order valence-electron chi connectivity index (χ2n) is 3.18. The first kappa shape index (κ1) is 19.1. The lowest BCUT2D eigenvalue weighted by atomic mass is 10.4. The van der Waals surface area contributed by atoms with Crippen LogP contribution in [0.15, 0.2) is 0 Å². The van der Waals surface area contributed by atoms with Crippen molar-refractivity contribution in [1.29, 1.82) is 0 Å². The number of aliphatic hydroxyl groups excluding tert-OH is 5. The molecule has 0 aliphatic heterocycles. The highest BCUT2D eigenvalue weighted by Crippen LogP contribution is 1.90. The molecule has 0 radical (unpaired) electrons. The fraction of sp³-hybridized carbons (Fsp3) is 1.00. The van der Waals surface area contributed by atoms with Gasteiger partial charge in [0.1, 0.15) is 12.2 Å². The van der Waals surface area contributed by atoms with Gasteiger partial charge in [-0.2, -0.15) is 0 Å². The van der Waals surface area contributed by atoms with E-state index in [2.05, 4.69) is 0 Å². The highest BCUT2D eigenvalue weighted by molar-refractivity contribution is 4.50. The van der Waals surface area contributed by atoms with Crippen molar-refractivity contribution >= 4 is 0 Å². The quantitative estimate of drug-likeness (QED) is 0.279. The average Bonchev–Trinajstić information content (AvgIpc) is 2.39. The standard InChI is InChI=1S/C9H20O6.CH4O/c10-4-8(12)6-14-2-1-3-15-7-9(13)5-11;1-2/h8-13H,1-7H2;2H,1H3. The zero-order chi connectivity index (χ0) is 13.5. The molecule has 2 unspecified atom stereocenters. The van der Waals surface area contributed by atoms with E-state index in [-0.39, 0.29) is 26.4 Å². The highest BCUT2D eigenvalue weighted by atomic mass is 16.5. The van der Waals surface area contributed by atoms with Crippen LogP contribution in [0, 0.1) is 0 Å². The van der Waals surface area contributed by atoms with Crippen LogP contribution in [0.5, 0.6) is 0 Å². The topological polar surface area (TPSA) is 120 Å². The van der Waals surface area contributed by atoms with Gasteiger partial charge < -0.3 is 35.0 Å². The summed E-state index contributed by atoms with van der Waals surface area (Å²) >= 11 is 0. The van der Waals surface area contributed by atoms with Crippen LogP contribution in [-0.2, 0) is 9.47 Å². The molecule has 7 nitrogen and oxygen atoms in total. The predicted octanol–water partition coefficient (Wildman–Crippen LogP) is -2.28. The molecule has 0 heterocycles. The normalized spacial score (nSPS) is 13.8. The van der Waals surface area contributed by atoms with Gasteiger partial charge in [-0.15, -0.1) is 0 Å². The van der Waals surface area contributed by atoms with E-state index in [4.69, 9.17) is 35.0 Å². The Labute approximate surface area is 101 Å². The number of ether oxygens (including phenoxy) is 2. The number of rotatable bonds is 10. The lowest BCUT2D eigenvalue weighted by Gasteiger charge is -2.09. The van der Waals surface area contributed by atoms with Crippen molar-refractivity contribution in [3.8, 4) is 0 Å². The first-order chi connectivity index (χ1) is 8.20. The minimum absolute atomic E-state index is 0.107. The molecule has 0 rings (SSSR count). The van der Waals surface area contributed by atoms with Gasteiger partial charge >= 0.3 is 0 Å². The molecule has 0 aliphatic rings. The van der Waals surface area contributed by atoms with Crippen LogP contribution < -0.4 is 0 Å². The Balaban J connectivity index is 0.